The summed E-state index contributed by atoms with van der Waals surface area (Å²) in [7, 11) is -0.244. The fraction of sp³-hybridized carbons (Fsp3) is 0.279. The molecule has 70 heavy (non-hydrogen) atoms. The van der Waals surface area contributed by atoms with Gasteiger partial charge in [0.1, 0.15) is 5.82 Å². The van der Waals surface area contributed by atoms with E-state index >= 15 is 0 Å². The minimum absolute atomic E-state index is 0.0128. The van der Waals surface area contributed by atoms with Crippen LogP contribution in [0.5, 0.6) is 0 Å². The van der Waals surface area contributed by atoms with Crippen molar-refractivity contribution in [1.82, 2.24) is 15.1 Å². The van der Waals surface area contributed by atoms with E-state index in [1.54, 1.807) is 0 Å². The monoisotopic (exact) mass is 969 g/mol. The summed E-state index contributed by atoms with van der Waals surface area (Å²) in [6.45, 7) is 3.02. The lowest BCUT2D eigenvalue weighted by atomic mass is 9.76. The minimum Gasteiger partial charge on any atom is -0.469 e. The lowest BCUT2D eigenvalue weighted by Gasteiger charge is -2.44. The van der Waals surface area contributed by atoms with E-state index in [-0.39, 0.29) is 42.1 Å². The molecule has 7 aromatic rings. The number of ether oxygens (including phenoxy) is 1. The zero-order valence-corrected chi connectivity index (χ0v) is 41.7. The van der Waals surface area contributed by atoms with Gasteiger partial charge in [-0.15, -0.1) is 11.8 Å². The number of amides is 1. The third-order valence-corrected chi connectivity index (χ3v) is 20.1. The van der Waals surface area contributed by atoms with E-state index in [0.717, 1.165) is 55.8 Å². The highest BCUT2D eigenvalue weighted by Gasteiger charge is 2.51. The van der Waals surface area contributed by atoms with Crippen LogP contribution in [0.3, 0.4) is 0 Å². The Morgan fingerprint density at radius 3 is 1.64 bits per heavy atom. The van der Waals surface area contributed by atoms with Crippen LogP contribution in [0, 0.1) is 11.7 Å². The fourth-order valence-corrected chi connectivity index (χ4v) is 16.7. The SMILES string of the molecule is COC(=O)[C@@H]1C2CCC(C[C@H]1c1ccc(F)cc1)N2CCCN(CCSC(c1ccccc1)(c1ccccc1)c1ccccc1)CC(=O)NCCS(c1ccccc1)(c1ccccc1)c1ccccc1. The number of piperidine rings is 1. The lowest BCUT2D eigenvalue weighted by Crippen LogP contribution is -2.51. The molecule has 0 radical (unpaired) electrons. The quantitative estimate of drug-likeness (QED) is 0.0572. The maximum absolute atomic E-state index is 14.5. The number of carbonyl (C=O) groups is 2. The van der Waals surface area contributed by atoms with E-state index in [0.29, 0.717) is 19.1 Å². The number of rotatable bonds is 21. The van der Waals surface area contributed by atoms with Gasteiger partial charge >= 0.3 is 5.97 Å². The molecule has 2 unspecified atom stereocenters. The fourth-order valence-electron chi connectivity index (χ4n) is 11.3. The number of benzene rings is 7. The Hall–Kier alpha value is -5.97. The van der Waals surface area contributed by atoms with Crippen LogP contribution in [0.4, 0.5) is 4.39 Å². The summed E-state index contributed by atoms with van der Waals surface area (Å²) in [5.74, 6) is 0.722. The molecule has 0 aromatic heterocycles. The van der Waals surface area contributed by atoms with Crippen molar-refractivity contribution < 1.29 is 18.7 Å². The third kappa shape index (κ3) is 10.7. The molecule has 2 aliphatic rings. The molecule has 0 aliphatic carbocycles. The molecule has 2 heterocycles. The van der Waals surface area contributed by atoms with Crippen molar-refractivity contribution in [2.75, 3.05) is 51.3 Å². The number of fused-ring (bicyclic) bond motifs is 2. The van der Waals surface area contributed by atoms with E-state index in [1.165, 1.54) is 50.6 Å². The number of hydrogen-bond acceptors (Lipinski definition) is 6. The molecule has 9 heteroatoms. The van der Waals surface area contributed by atoms with Crippen molar-refractivity contribution in [3.8, 4) is 0 Å². The van der Waals surface area contributed by atoms with E-state index in [9.17, 15) is 14.0 Å². The number of hydrogen-bond donors (Lipinski definition) is 1. The molecule has 1 N–H and O–H groups in total. The standard InChI is InChI=1S/C61H64FN3O3S2/c1-68-60(67)59-56(47-33-35-51(62)36-34-47)45-52-37-38-57(59)65(52)41-20-40-64(42-43-69-61(48-21-8-2-9-22-48,49-23-10-3-11-24-49)50-25-12-4-13-26-50)46-58(66)63-39-44-70(53-27-14-5-15-28-53,54-29-16-6-17-30-54)55-31-18-7-19-32-55/h2-19,21-36,52,56-57,59H,20,37-46H2,1H3,(H,63,66)/t52?,56-,57?,59-/m0/s1. The molecule has 0 saturated carbocycles. The number of methoxy groups -OCH3 is 1. The van der Waals surface area contributed by atoms with E-state index < -0.39 is 14.8 Å². The summed E-state index contributed by atoms with van der Waals surface area (Å²) in [5, 5.41) is 3.42. The molecule has 2 fully saturated rings. The average Bonchev–Trinajstić information content (AvgIpc) is 3.69. The summed E-state index contributed by atoms with van der Waals surface area (Å²) in [6.07, 6.45) is 3.59. The molecule has 6 nitrogen and oxygen atoms in total. The van der Waals surface area contributed by atoms with Gasteiger partial charge in [-0.1, -0.05) is 158 Å². The van der Waals surface area contributed by atoms with Crippen LogP contribution >= 0.6 is 21.8 Å². The molecule has 2 aliphatic heterocycles. The van der Waals surface area contributed by atoms with Gasteiger partial charge in [0.05, 0.1) is 24.3 Å². The van der Waals surface area contributed by atoms with Crippen molar-refractivity contribution in [2.45, 2.75) is 63.1 Å². The normalized spacial score (nSPS) is 18.3. The van der Waals surface area contributed by atoms with Crippen molar-refractivity contribution in [3.63, 3.8) is 0 Å². The zero-order chi connectivity index (χ0) is 48.2. The second-order valence-electron chi connectivity index (χ2n) is 18.5. The second-order valence-corrected chi connectivity index (χ2v) is 23.1. The summed E-state index contributed by atoms with van der Waals surface area (Å²) in [5.41, 5.74) is 4.63. The highest BCUT2D eigenvalue weighted by molar-refractivity contribution is 8.33. The molecule has 1 amide bonds. The van der Waals surface area contributed by atoms with Crippen LogP contribution in [0.15, 0.2) is 221 Å². The molecular formula is C61H64FN3O3S2. The van der Waals surface area contributed by atoms with Crippen molar-refractivity contribution in [2.24, 2.45) is 5.92 Å². The van der Waals surface area contributed by atoms with Crippen LogP contribution in [0.1, 0.15) is 53.9 Å². The maximum Gasteiger partial charge on any atom is 0.310 e. The first-order valence-electron chi connectivity index (χ1n) is 24.8. The topological polar surface area (TPSA) is 61.9 Å². The number of nitrogens with one attached hydrogen (secondary N) is 1. The molecule has 360 valence electrons. The molecule has 7 aromatic carbocycles. The van der Waals surface area contributed by atoms with Crippen LogP contribution in [0.25, 0.3) is 0 Å². The third-order valence-electron chi connectivity index (χ3n) is 14.5. The predicted molar refractivity (Wildman–Crippen MR) is 285 cm³/mol. The van der Waals surface area contributed by atoms with Crippen LogP contribution in [-0.2, 0) is 19.1 Å². The van der Waals surface area contributed by atoms with Crippen LogP contribution < -0.4 is 5.32 Å². The van der Waals surface area contributed by atoms with E-state index in [1.807, 2.05) is 23.9 Å². The molecule has 2 saturated heterocycles. The molecule has 2 bridgehead atoms. The molecule has 4 atom stereocenters. The van der Waals surface area contributed by atoms with Gasteiger partial charge in [-0.25, -0.2) is 4.39 Å². The predicted octanol–water partition coefficient (Wildman–Crippen LogP) is 12.5. The largest absolute Gasteiger partial charge is 0.469 e. The van der Waals surface area contributed by atoms with Gasteiger partial charge in [0, 0.05) is 42.6 Å². The van der Waals surface area contributed by atoms with Gasteiger partial charge in [-0.05, 0) is 124 Å². The first-order chi connectivity index (χ1) is 34.4. The van der Waals surface area contributed by atoms with Gasteiger partial charge in [0.25, 0.3) is 0 Å². The van der Waals surface area contributed by atoms with Gasteiger partial charge in [0.15, 0.2) is 0 Å². The Labute approximate surface area is 420 Å². The van der Waals surface area contributed by atoms with Crippen molar-refractivity contribution >= 4 is 33.7 Å². The van der Waals surface area contributed by atoms with E-state index in [2.05, 4.69) is 197 Å². The maximum atomic E-state index is 14.5. The summed E-state index contributed by atoms with van der Waals surface area (Å²) < 4.78 is 19.0. The Morgan fingerprint density at radius 2 is 1.16 bits per heavy atom. The van der Waals surface area contributed by atoms with Gasteiger partial charge < -0.3 is 10.1 Å². The smallest absolute Gasteiger partial charge is 0.310 e. The Morgan fingerprint density at radius 1 is 0.671 bits per heavy atom. The van der Waals surface area contributed by atoms with Gasteiger partial charge in [-0.3, -0.25) is 19.4 Å². The molecule has 0 spiro atoms. The first-order valence-corrected chi connectivity index (χ1v) is 27.5. The average molecular weight is 970 g/mol. The van der Waals surface area contributed by atoms with Gasteiger partial charge in [0.2, 0.25) is 5.91 Å². The minimum atomic E-state index is -1.72. The van der Waals surface area contributed by atoms with Crippen LogP contribution in [0.2, 0.25) is 0 Å². The number of nitrogens with zero attached hydrogens (tertiary/aromatic N) is 2. The van der Waals surface area contributed by atoms with Gasteiger partial charge in [-0.2, -0.15) is 10.0 Å². The number of thioether (sulfide) groups is 1. The molecular weight excluding hydrogens is 906 g/mol. The lowest BCUT2D eigenvalue weighted by molar-refractivity contribution is -0.150. The Balaban J connectivity index is 0.959. The Kier molecular flexibility index (Phi) is 16.3. The highest BCUT2D eigenvalue weighted by Crippen LogP contribution is 2.67. The van der Waals surface area contributed by atoms with Crippen LogP contribution in [-0.4, -0.2) is 85.1 Å². The summed E-state index contributed by atoms with van der Waals surface area (Å²) >= 11 is 1.92. The first kappa shape index (κ1) is 49.0. The summed E-state index contributed by atoms with van der Waals surface area (Å²) in [4.78, 5) is 36.7. The summed E-state index contributed by atoms with van der Waals surface area (Å²) in [6, 6.07) is 71.7. The molecule has 9 rings (SSSR count). The number of carbonyl (C=O) groups excluding carboxylic acids is 2. The van der Waals surface area contributed by atoms with Crippen molar-refractivity contribution in [3.05, 3.63) is 234 Å². The second kappa shape index (κ2) is 23.3. The Bertz CT molecular complexity index is 2530. The van der Waals surface area contributed by atoms with Crippen molar-refractivity contribution in [1.29, 1.82) is 0 Å². The van der Waals surface area contributed by atoms with E-state index in [4.69, 9.17) is 4.74 Å². The highest BCUT2D eigenvalue weighted by atomic mass is 32.3. The number of esters is 1. The zero-order valence-electron chi connectivity index (χ0n) is 40.0. The number of halogens is 1.